The lowest BCUT2D eigenvalue weighted by molar-refractivity contribution is -0.141. The minimum absolute atomic E-state index is 0.0768. The predicted molar refractivity (Wildman–Crippen MR) is 96.0 cm³/mol. The van der Waals surface area contributed by atoms with Gasteiger partial charge >= 0.3 is 11.9 Å². The molecular formula is C17H22N4O7. The normalized spacial score (nSPS) is 12.3. The molecule has 28 heavy (non-hydrogen) atoms. The van der Waals surface area contributed by atoms with E-state index in [0.717, 1.165) is 5.56 Å². The van der Waals surface area contributed by atoms with Crippen molar-refractivity contribution >= 4 is 29.7 Å². The lowest BCUT2D eigenvalue weighted by atomic mass is 10.1. The van der Waals surface area contributed by atoms with Gasteiger partial charge in [-0.25, -0.2) is 4.79 Å². The highest BCUT2D eigenvalue weighted by Crippen LogP contribution is 2.03. The Labute approximate surface area is 160 Å². The van der Waals surface area contributed by atoms with E-state index in [1.165, 1.54) is 0 Å². The zero-order valence-corrected chi connectivity index (χ0v) is 14.9. The maximum Gasteiger partial charge on any atom is 0.326 e. The molecule has 7 N–H and O–H groups in total. The van der Waals surface area contributed by atoms with Crippen LogP contribution in [0.1, 0.15) is 12.0 Å². The van der Waals surface area contributed by atoms with Crippen LogP contribution in [-0.2, 0) is 30.4 Å². The molecule has 152 valence electrons. The molecule has 0 aromatic heterocycles. The lowest BCUT2D eigenvalue weighted by Crippen LogP contribution is -2.49. The van der Waals surface area contributed by atoms with Crippen molar-refractivity contribution in [2.45, 2.75) is 24.9 Å². The van der Waals surface area contributed by atoms with Crippen molar-refractivity contribution in [3.05, 3.63) is 35.9 Å². The Balaban J connectivity index is 2.39. The number of nitrogens with one attached hydrogen (secondary N) is 3. The number of nitrogens with two attached hydrogens (primary N) is 1. The molecule has 0 aliphatic carbocycles. The third kappa shape index (κ3) is 8.76. The fourth-order valence-corrected chi connectivity index (χ4v) is 2.12. The van der Waals surface area contributed by atoms with E-state index in [0.29, 0.717) is 0 Å². The van der Waals surface area contributed by atoms with E-state index in [1.807, 2.05) is 0 Å². The fourth-order valence-electron chi connectivity index (χ4n) is 2.12. The first-order valence-electron chi connectivity index (χ1n) is 8.27. The van der Waals surface area contributed by atoms with Gasteiger partial charge in [-0.1, -0.05) is 30.3 Å². The summed E-state index contributed by atoms with van der Waals surface area (Å²) in [5.41, 5.74) is 6.05. The molecule has 2 unspecified atom stereocenters. The Kier molecular flexibility index (Phi) is 9.10. The maximum absolute atomic E-state index is 11.9. The van der Waals surface area contributed by atoms with E-state index >= 15 is 0 Å². The van der Waals surface area contributed by atoms with Gasteiger partial charge in [0.05, 0.1) is 25.6 Å². The molecule has 11 nitrogen and oxygen atoms in total. The van der Waals surface area contributed by atoms with Crippen molar-refractivity contribution in [3.63, 3.8) is 0 Å². The number of carboxylic acids is 2. The molecule has 0 fully saturated rings. The summed E-state index contributed by atoms with van der Waals surface area (Å²) in [6.45, 7) is -1.000. The summed E-state index contributed by atoms with van der Waals surface area (Å²) in [6, 6.07) is 6.24. The summed E-state index contributed by atoms with van der Waals surface area (Å²) in [5.74, 6) is -4.74. The summed E-state index contributed by atoms with van der Waals surface area (Å²) in [7, 11) is 0. The molecule has 0 heterocycles. The van der Waals surface area contributed by atoms with Crippen LogP contribution >= 0.6 is 0 Å². The lowest BCUT2D eigenvalue weighted by Gasteiger charge is -2.15. The third-order valence-electron chi connectivity index (χ3n) is 3.52. The molecule has 3 amide bonds. The molecule has 2 atom stereocenters. The Hall–Kier alpha value is -3.47. The van der Waals surface area contributed by atoms with Gasteiger partial charge in [0.1, 0.15) is 6.04 Å². The molecular weight excluding hydrogens is 372 g/mol. The van der Waals surface area contributed by atoms with E-state index in [1.54, 1.807) is 30.3 Å². The molecule has 1 aromatic carbocycles. The van der Waals surface area contributed by atoms with Gasteiger partial charge in [-0.15, -0.1) is 0 Å². The number of rotatable bonds is 11. The van der Waals surface area contributed by atoms with Crippen LogP contribution in [0.25, 0.3) is 0 Å². The van der Waals surface area contributed by atoms with Crippen LogP contribution in [0.3, 0.4) is 0 Å². The van der Waals surface area contributed by atoms with Crippen molar-refractivity contribution in [2.24, 2.45) is 5.73 Å². The number of hydrogen-bond donors (Lipinski definition) is 6. The van der Waals surface area contributed by atoms with Gasteiger partial charge in [0.2, 0.25) is 17.7 Å². The number of carboxylic acid groups (broad SMARTS) is 2. The molecule has 0 radical (unpaired) electrons. The van der Waals surface area contributed by atoms with Crippen molar-refractivity contribution in [3.8, 4) is 0 Å². The molecule has 0 aliphatic heterocycles. The van der Waals surface area contributed by atoms with Crippen molar-refractivity contribution in [1.82, 2.24) is 16.0 Å². The van der Waals surface area contributed by atoms with Crippen LogP contribution in [0.15, 0.2) is 30.3 Å². The highest BCUT2D eigenvalue weighted by atomic mass is 16.4. The average molecular weight is 394 g/mol. The number of carbonyl (C=O) groups is 5. The number of amides is 3. The molecule has 0 spiro atoms. The Bertz CT molecular complexity index is 723. The minimum Gasteiger partial charge on any atom is -0.481 e. The maximum atomic E-state index is 11.9. The van der Waals surface area contributed by atoms with Gasteiger partial charge in [0.15, 0.2) is 0 Å². The Morgan fingerprint density at radius 3 is 2.11 bits per heavy atom. The van der Waals surface area contributed by atoms with Crippen molar-refractivity contribution < 1.29 is 34.2 Å². The molecule has 1 rings (SSSR count). The average Bonchev–Trinajstić information content (AvgIpc) is 2.64. The van der Waals surface area contributed by atoms with E-state index in [4.69, 9.17) is 10.8 Å². The first kappa shape index (κ1) is 22.6. The zero-order chi connectivity index (χ0) is 21.1. The van der Waals surface area contributed by atoms with Gasteiger partial charge < -0.3 is 31.9 Å². The van der Waals surface area contributed by atoms with Crippen LogP contribution in [0, 0.1) is 0 Å². The third-order valence-corrected chi connectivity index (χ3v) is 3.52. The van der Waals surface area contributed by atoms with Gasteiger partial charge in [0.25, 0.3) is 0 Å². The van der Waals surface area contributed by atoms with E-state index in [9.17, 15) is 29.1 Å². The van der Waals surface area contributed by atoms with E-state index in [-0.39, 0.29) is 6.42 Å². The van der Waals surface area contributed by atoms with Crippen molar-refractivity contribution in [1.29, 1.82) is 0 Å². The zero-order valence-electron chi connectivity index (χ0n) is 14.9. The molecule has 0 saturated carbocycles. The molecule has 0 saturated heterocycles. The smallest absolute Gasteiger partial charge is 0.326 e. The van der Waals surface area contributed by atoms with E-state index in [2.05, 4.69) is 16.0 Å². The second-order valence-corrected chi connectivity index (χ2v) is 5.85. The van der Waals surface area contributed by atoms with Crippen LogP contribution in [0.2, 0.25) is 0 Å². The highest BCUT2D eigenvalue weighted by Gasteiger charge is 2.21. The van der Waals surface area contributed by atoms with Gasteiger partial charge in [-0.2, -0.15) is 0 Å². The molecule has 11 heteroatoms. The van der Waals surface area contributed by atoms with Crippen LogP contribution in [-0.4, -0.2) is 65.0 Å². The summed E-state index contributed by atoms with van der Waals surface area (Å²) in [6.07, 6.45) is -0.513. The second kappa shape index (κ2) is 11.3. The number of carbonyl (C=O) groups excluding carboxylic acids is 3. The fraction of sp³-hybridized carbons (Fsp3) is 0.353. The van der Waals surface area contributed by atoms with Crippen LogP contribution in [0.4, 0.5) is 0 Å². The second-order valence-electron chi connectivity index (χ2n) is 5.85. The molecule has 0 aliphatic rings. The molecule has 0 bridgehead atoms. The van der Waals surface area contributed by atoms with Crippen molar-refractivity contribution in [2.75, 3.05) is 13.1 Å². The standard InChI is InChI=1S/C17H22N4O7/c18-11(7-15(24)25)16(26)20-8-13(22)19-9-14(23)21-12(17(27)28)6-10-4-2-1-3-5-10/h1-5,11-12H,6-9,18H2,(H,19,22)(H,20,26)(H,21,23)(H,24,25)(H,27,28). The summed E-state index contributed by atoms with van der Waals surface area (Å²) < 4.78 is 0. The highest BCUT2D eigenvalue weighted by molar-refractivity contribution is 5.91. The Morgan fingerprint density at radius 2 is 1.54 bits per heavy atom. The number of benzene rings is 1. The first-order chi connectivity index (χ1) is 13.2. The summed E-state index contributed by atoms with van der Waals surface area (Å²) in [4.78, 5) is 56.7. The monoisotopic (exact) mass is 394 g/mol. The molecule has 1 aromatic rings. The minimum atomic E-state index is -1.30. The quantitative estimate of drug-likeness (QED) is 0.244. The SMILES string of the molecule is NC(CC(=O)O)C(=O)NCC(=O)NCC(=O)NC(Cc1ccccc1)C(=O)O. The van der Waals surface area contributed by atoms with Gasteiger partial charge in [-0.05, 0) is 5.56 Å². The Morgan fingerprint density at radius 1 is 0.929 bits per heavy atom. The summed E-state index contributed by atoms with van der Waals surface area (Å²) in [5, 5.41) is 24.4. The van der Waals surface area contributed by atoms with Crippen LogP contribution in [0.5, 0.6) is 0 Å². The van der Waals surface area contributed by atoms with Crippen LogP contribution < -0.4 is 21.7 Å². The van der Waals surface area contributed by atoms with Gasteiger partial charge in [-0.3, -0.25) is 19.2 Å². The topological polar surface area (TPSA) is 188 Å². The number of aliphatic carboxylic acids is 2. The predicted octanol–water partition coefficient (Wildman–Crippen LogP) is -2.17. The number of hydrogen-bond acceptors (Lipinski definition) is 6. The van der Waals surface area contributed by atoms with Gasteiger partial charge in [0, 0.05) is 6.42 Å². The summed E-state index contributed by atoms with van der Waals surface area (Å²) >= 11 is 0. The largest absolute Gasteiger partial charge is 0.481 e. The van der Waals surface area contributed by atoms with E-state index < -0.39 is 61.3 Å². The first-order valence-corrected chi connectivity index (χ1v) is 8.27.